The molecule has 0 aliphatic carbocycles. The van der Waals surface area contributed by atoms with Gasteiger partial charge in [-0.25, -0.2) is 0 Å². The molecule has 20 heavy (non-hydrogen) atoms. The lowest BCUT2D eigenvalue weighted by atomic mass is 10.1. The van der Waals surface area contributed by atoms with Crippen molar-refractivity contribution in [2.24, 2.45) is 0 Å². The fourth-order valence-electron chi connectivity index (χ4n) is 1.83. The van der Waals surface area contributed by atoms with Gasteiger partial charge < -0.3 is 10.4 Å². The summed E-state index contributed by atoms with van der Waals surface area (Å²) >= 11 is 5.90. The van der Waals surface area contributed by atoms with Crippen LogP contribution in [0.2, 0.25) is 5.02 Å². The van der Waals surface area contributed by atoms with E-state index in [-0.39, 0.29) is 12.0 Å². The van der Waals surface area contributed by atoms with E-state index in [9.17, 15) is 9.90 Å². The van der Waals surface area contributed by atoms with Gasteiger partial charge in [-0.1, -0.05) is 23.7 Å². The van der Waals surface area contributed by atoms with Crippen molar-refractivity contribution in [2.75, 3.05) is 26.7 Å². The second-order valence-electron chi connectivity index (χ2n) is 5.11. The zero-order valence-corrected chi connectivity index (χ0v) is 12.9. The third kappa shape index (κ3) is 7.48. The van der Waals surface area contributed by atoms with Gasteiger partial charge in [0, 0.05) is 18.1 Å². The van der Waals surface area contributed by atoms with E-state index in [2.05, 4.69) is 5.32 Å². The molecule has 112 valence electrons. The molecule has 1 rings (SSSR count). The molecule has 1 unspecified atom stereocenters. The van der Waals surface area contributed by atoms with E-state index in [1.54, 1.807) is 6.92 Å². The largest absolute Gasteiger partial charge is 0.393 e. The molecule has 0 saturated heterocycles. The van der Waals surface area contributed by atoms with Gasteiger partial charge >= 0.3 is 0 Å². The quantitative estimate of drug-likeness (QED) is 0.768. The van der Waals surface area contributed by atoms with Crippen molar-refractivity contribution < 1.29 is 9.90 Å². The van der Waals surface area contributed by atoms with Gasteiger partial charge in [-0.2, -0.15) is 0 Å². The minimum atomic E-state index is -0.330. The summed E-state index contributed by atoms with van der Waals surface area (Å²) in [5, 5.41) is 12.8. The number of hydrogen-bond donors (Lipinski definition) is 2. The number of carbonyl (C=O) groups is 1. The predicted molar refractivity (Wildman–Crippen MR) is 82.0 cm³/mol. The second-order valence-corrected chi connectivity index (χ2v) is 5.54. The number of nitrogens with one attached hydrogen (secondary N) is 1. The van der Waals surface area contributed by atoms with Crippen molar-refractivity contribution in [3.05, 3.63) is 34.9 Å². The van der Waals surface area contributed by atoms with Gasteiger partial charge in [0.25, 0.3) is 0 Å². The molecule has 5 heteroatoms. The number of carbonyl (C=O) groups excluding carboxylic acids is 1. The molecule has 2 N–H and O–H groups in total. The van der Waals surface area contributed by atoms with Gasteiger partial charge in [0.2, 0.25) is 5.91 Å². The molecule has 1 amide bonds. The van der Waals surface area contributed by atoms with Crippen molar-refractivity contribution in [3.8, 4) is 0 Å². The molecule has 0 aliphatic heterocycles. The molecule has 1 aromatic rings. The molecule has 1 atom stereocenters. The smallest absolute Gasteiger partial charge is 0.234 e. The van der Waals surface area contributed by atoms with Crippen LogP contribution < -0.4 is 5.32 Å². The van der Waals surface area contributed by atoms with Crippen molar-refractivity contribution in [3.63, 3.8) is 0 Å². The molecular formula is C15H23ClN2O2. The average Bonchev–Trinajstić information content (AvgIpc) is 2.36. The van der Waals surface area contributed by atoms with Gasteiger partial charge in [-0.05, 0) is 44.5 Å². The van der Waals surface area contributed by atoms with Crippen LogP contribution in [0.1, 0.15) is 18.9 Å². The number of rotatable bonds is 8. The summed E-state index contributed by atoms with van der Waals surface area (Å²) in [6, 6.07) is 7.64. The summed E-state index contributed by atoms with van der Waals surface area (Å²) in [7, 11) is 1.87. The maximum absolute atomic E-state index is 11.7. The van der Waals surface area contributed by atoms with Crippen molar-refractivity contribution in [1.82, 2.24) is 10.2 Å². The highest BCUT2D eigenvalue weighted by molar-refractivity contribution is 6.30. The Bertz CT molecular complexity index is 424. The summed E-state index contributed by atoms with van der Waals surface area (Å²) in [6.45, 7) is 3.41. The van der Waals surface area contributed by atoms with Crippen LogP contribution >= 0.6 is 11.6 Å². The molecule has 0 aromatic heterocycles. The number of hydrogen-bond acceptors (Lipinski definition) is 3. The lowest BCUT2D eigenvalue weighted by Crippen LogP contribution is -2.37. The van der Waals surface area contributed by atoms with E-state index in [1.807, 2.05) is 36.2 Å². The van der Waals surface area contributed by atoms with Gasteiger partial charge in [0.1, 0.15) is 0 Å². The molecule has 0 aliphatic rings. The van der Waals surface area contributed by atoms with Crippen LogP contribution in [-0.4, -0.2) is 48.7 Å². The number of likely N-dealkylation sites (N-methyl/N-ethyl adjacent to an activating group) is 1. The number of aliphatic hydroxyl groups is 1. The van der Waals surface area contributed by atoms with Crippen LogP contribution in [0.4, 0.5) is 0 Å². The number of benzene rings is 1. The van der Waals surface area contributed by atoms with Crippen LogP contribution in [0.15, 0.2) is 24.3 Å². The first-order valence-electron chi connectivity index (χ1n) is 6.85. The Morgan fingerprint density at radius 3 is 2.90 bits per heavy atom. The molecular weight excluding hydrogens is 276 g/mol. The zero-order valence-electron chi connectivity index (χ0n) is 12.1. The minimum absolute atomic E-state index is 0.000112. The van der Waals surface area contributed by atoms with Gasteiger partial charge in [0.15, 0.2) is 0 Å². The normalized spacial score (nSPS) is 12.4. The van der Waals surface area contributed by atoms with Crippen molar-refractivity contribution in [1.29, 1.82) is 0 Å². The molecule has 0 heterocycles. The monoisotopic (exact) mass is 298 g/mol. The van der Waals surface area contributed by atoms with Crippen LogP contribution in [-0.2, 0) is 11.2 Å². The Kier molecular flexibility index (Phi) is 7.59. The number of halogens is 1. The second kappa shape index (κ2) is 8.95. The third-order valence-electron chi connectivity index (χ3n) is 2.97. The summed E-state index contributed by atoms with van der Waals surface area (Å²) in [5.74, 6) is 0.000112. The highest BCUT2D eigenvalue weighted by Gasteiger charge is 2.07. The van der Waals surface area contributed by atoms with Gasteiger partial charge in [0.05, 0.1) is 12.6 Å². The van der Waals surface area contributed by atoms with Gasteiger partial charge in [-0.15, -0.1) is 0 Å². The Balaban J connectivity index is 2.20. The molecule has 0 fully saturated rings. The lowest BCUT2D eigenvalue weighted by molar-refractivity contribution is -0.122. The maximum Gasteiger partial charge on any atom is 0.234 e. The van der Waals surface area contributed by atoms with Crippen LogP contribution in [0, 0.1) is 0 Å². The fourth-order valence-corrected chi connectivity index (χ4v) is 2.04. The van der Waals surface area contributed by atoms with E-state index in [4.69, 9.17) is 11.6 Å². The first kappa shape index (κ1) is 17.0. The Hall–Kier alpha value is -1.10. The van der Waals surface area contributed by atoms with Crippen LogP contribution in [0.5, 0.6) is 0 Å². The highest BCUT2D eigenvalue weighted by Crippen LogP contribution is 2.10. The molecule has 0 spiro atoms. The Morgan fingerprint density at radius 2 is 2.25 bits per heavy atom. The SMILES string of the molecule is CC(O)CCN(C)CC(=O)NCCc1cccc(Cl)c1. The highest BCUT2D eigenvalue weighted by atomic mass is 35.5. The molecule has 0 bridgehead atoms. The summed E-state index contributed by atoms with van der Waals surface area (Å²) < 4.78 is 0. The number of amides is 1. The summed E-state index contributed by atoms with van der Waals surface area (Å²) in [6.07, 6.45) is 1.11. The molecule has 0 radical (unpaired) electrons. The van der Waals surface area contributed by atoms with Crippen molar-refractivity contribution in [2.45, 2.75) is 25.9 Å². The summed E-state index contributed by atoms with van der Waals surface area (Å²) in [4.78, 5) is 13.6. The average molecular weight is 299 g/mol. The fraction of sp³-hybridized carbons (Fsp3) is 0.533. The van der Waals surface area contributed by atoms with Crippen molar-refractivity contribution >= 4 is 17.5 Å². The first-order valence-corrected chi connectivity index (χ1v) is 7.23. The number of nitrogens with zero attached hydrogens (tertiary/aromatic N) is 1. The third-order valence-corrected chi connectivity index (χ3v) is 3.20. The topological polar surface area (TPSA) is 52.6 Å². The minimum Gasteiger partial charge on any atom is -0.393 e. The van der Waals surface area contributed by atoms with E-state index in [0.29, 0.717) is 31.1 Å². The summed E-state index contributed by atoms with van der Waals surface area (Å²) in [5.41, 5.74) is 1.11. The molecule has 4 nitrogen and oxygen atoms in total. The maximum atomic E-state index is 11.7. The van der Waals surface area contributed by atoms with E-state index in [0.717, 1.165) is 12.0 Å². The van der Waals surface area contributed by atoms with E-state index in [1.165, 1.54) is 0 Å². The Labute approximate surface area is 125 Å². The predicted octanol–water partition coefficient (Wildman–Crippen LogP) is 1.70. The van der Waals surface area contributed by atoms with Crippen LogP contribution in [0.25, 0.3) is 0 Å². The molecule has 1 aromatic carbocycles. The van der Waals surface area contributed by atoms with E-state index >= 15 is 0 Å². The molecule has 0 saturated carbocycles. The Morgan fingerprint density at radius 1 is 1.50 bits per heavy atom. The van der Waals surface area contributed by atoms with Gasteiger partial charge in [-0.3, -0.25) is 9.69 Å². The number of aliphatic hydroxyl groups excluding tert-OH is 1. The van der Waals surface area contributed by atoms with E-state index < -0.39 is 0 Å². The van der Waals surface area contributed by atoms with Crippen LogP contribution in [0.3, 0.4) is 0 Å². The first-order chi connectivity index (χ1) is 9.47. The zero-order chi connectivity index (χ0) is 15.0. The standard InChI is InChI=1S/C15H23ClN2O2/c1-12(19)7-9-18(2)11-15(20)17-8-6-13-4-3-5-14(16)10-13/h3-5,10,12,19H,6-9,11H2,1-2H3,(H,17,20). The lowest BCUT2D eigenvalue weighted by Gasteiger charge is -2.17.